The van der Waals surface area contributed by atoms with Crippen molar-refractivity contribution in [2.24, 2.45) is 0 Å². The number of phenols is 1. The van der Waals surface area contributed by atoms with Crippen LogP contribution in [0.1, 0.15) is 5.56 Å². The monoisotopic (exact) mass is 273 g/mol. The van der Waals surface area contributed by atoms with Gasteiger partial charge in [-0.25, -0.2) is 9.18 Å². The van der Waals surface area contributed by atoms with Gasteiger partial charge in [-0.15, -0.1) is 0 Å². The zero-order valence-electron chi connectivity index (χ0n) is 10.4. The SMILES string of the molecule is O=c1[nH]c2ccc(NCc3cccc(F)c3O)cc2[nH]1. The summed E-state index contributed by atoms with van der Waals surface area (Å²) >= 11 is 0. The third kappa shape index (κ3) is 2.23. The number of anilines is 1. The van der Waals surface area contributed by atoms with Gasteiger partial charge in [-0.2, -0.15) is 0 Å². The fraction of sp³-hybridized carbons (Fsp3) is 0.0714. The molecule has 2 aromatic carbocycles. The molecular weight excluding hydrogens is 261 g/mol. The van der Waals surface area contributed by atoms with Crippen molar-refractivity contribution in [2.45, 2.75) is 6.54 Å². The highest BCUT2D eigenvalue weighted by Gasteiger charge is 2.06. The number of aromatic amines is 2. The van der Waals surface area contributed by atoms with Crippen molar-refractivity contribution >= 4 is 16.7 Å². The van der Waals surface area contributed by atoms with Crippen molar-refractivity contribution in [1.29, 1.82) is 0 Å². The molecule has 0 atom stereocenters. The molecule has 0 aliphatic heterocycles. The van der Waals surface area contributed by atoms with Gasteiger partial charge < -0.3 is 20.4 Å². The molecule has 0 aliphatic rings. The lowest BCUT2D eigenvalue weighted by molar-refractivity contribution is 0.427. The molecule has 20 heavy (non-hydrogen) atoms. The minimum atomic E-state index is -0.644. The van der Waals surface area contributed by atoms with Crippen LogP contribution < -0.4 is 11.0 Å². The van der Waals surface area contributed by atoms with Crippen LogP contribution in [-0.2, 0) is 6.54 Å². The van der Waals surface area contributed by atoms with Crippen LogP contribution in [0, 0.1) is 5.82 Å². The molecule has 0 amide bonds. The minimum absolute atomic E-state index is 0.264. The first-order valence-corrected chi connectivity index (χ1v) is 6.06. The Morgan fingerprint density at radius 2 is 1.95 bits per heavy atom. The van der Waals surface area contributed by atoms with Gasteiger partial charge in [-0.3, -0.25) is 0 Å². The summed E-state index contributed by atoms with van der Waals surface area (Å²) in [4.78, 5) is 16.5. The lowest BCUT2D eigenvalue weighted by Crippen LogP contribution is -2.00. The molecule has 0 radical (unpaired) electrons. The van der Waals surface area contributed by atoms with Crippen LogP contribution in [0.15, 0.2) is 41.2 Å². The molecule has 1 heterocycles. The number of rotatable bonds is 3. The van der Waals surface area contributed by atoms with E-state index in [0.29, 0.717) is 16.6 Å². The first kappa shape index (κ1) is 12.3. The number of aromatic hydroxyl groups is 1. The number of para-hydroxylation sites is 1. The van der Waals surface area contributed by atoms with E-state index in [2.05, 4.69) is 15.3 Å². The lowest BCUT2D eigenvalue weighted by Gasteiger charge is -2.08. The fourth-order valence-corrected chi connectivity index (χ4v) is 2.04. The van der Waals surface area contributed by atoms with Gasteiger partial charge in [0.1, 0.15) is 0 Å². The highest BCUT2D eigenvalue weighted by Crippen LogP contribution is 2.22. The van der Waals surface area contributed by atoms with E-state index >= 15 is 0 Å². The summed E-state index contributed by atoms with van der Waals surface area (Å²) in [6.07, 6.45) is 0. The number of H-pyrrole nitrogens is 2. The van der Waals surface area contributed by atoms with Gasteiger partial charge in [0.15, 0.2) is 11.6 Å². The summed E-state index contributed by atoms with van der Waals surface area (Å²) in [5.41, 5.74) is 2.36. The second-order valence-corrected chi connectivity index (χ2v) is 4.44. The molecule has 0 spiro atoms. The quantitative estimate of drug-likeness (QED) is 0.591. The Kier molecular flexibility index (Phi) is 2.90. The summed E-state index contributed by atoms with van der Waals surface area (Å²) in [6.45, 7) is 0.282. The van der Waals surface area contributed by atoms with Gasteiger partial charge in [-0.05, 0) is 24.3 Å². The molecular formula is C14H12FN3O2. The normalized spacial score (nSPS) is 10.8. The van der Waals surface area contributed by atoms with Crippen LogP contribution in [0.2, 0.25) is 0 Å². The molecule has 3 aromatic rings. The number of nitrogens with one attached hydrogen (secondary N) is 3. The van der Waals surface area contributed by atoms with Crippen LogP contribution in [0.4, 0.5) is 10.1 Å². The summed E-state index contributed by atoms with van der Waals surface area (Å²) in [7, 11) is 0. The van der Waals surface area contributed by atoms with Crippen molar-refractivity contribution in [2.75, 3.05) is 5.32 Å². The average Bonchev–Trinajstić information content (AvgIpc) is 2.79. The Morgan fingerprint density at radius 1 is 1.15 bits per heavy atom. The number of phenolic OH excluding ortho intramolecular Hbond substituents is 1. The van der Waals surface area contributed by atoms with Gasteiger partial charge >= 0.3 is 5.69 Å². The average molecular weight is 273 g/mol. The number of hydrogen-bond donors (Lipinski definition) is 4. The molecule has 0 saturated heterocycles. The second kappa shape index (κ2) is 4.73. The maximum atomic E-state index is 13.2. The molecule has 1 aromatic heterocycles. The molecule has 0 bridgehead atoms. The second-order valence-electron chi connectivity index (χ2n) is 4.44. The molecule has 4 N–H and O–H groups in total. The summed E-state index contributed by atoms with van der Waals surface area (Å²) in [5.74, 6) is -0.995. The molecule has 102 valence electrons. The maximum Gasteiger partial charge on any atom is 0.323 e. The molecule has 5 nitrogen and oxygen atoms in total. The number of aromatic nitrogens is 2. The van der Waals surface area contributed by atoms with E-state index in [9.17, 15) is 14.3 Å². The lowest BCUT2D eigenvalue weighted by atomic mass is 10.2. The Balaban J connectivity index is 1.82. The Bertz CT molecular complexity index is 823. The number of benzene rings is 2. The van der Waals surface area contributed by atoms with Crippen molar-refractivity contribution in [1.82, 2.24) is 9.97 Å². The molecule has 0 unspecified atom stereocenters. The number of fused-ring (bicyclic) bond motifs is 1. The van der Waals surface area contributed by atoms with E-state index < -0.39 is 5.82 Å². The highest BCUT2D eigenvalue weighted by atomic mass is 19.1. The Hall–Kier alpha value is -2.76. The Labute approximate surface area is 113 Å². The minimum Gasteiger partial charge on any atom is -0.505 e. The summed E-state index contributed by atoms with van der Waals surface area (Å²) in [5, 5.41) is 12.7. The van der Waals surface area contributed by atoms with E-state index in [1.807, 2.05) is 0 Å². The van der Waals surface area contributed by atoms with Crippen molar-refractivity contribution in [3.05, 3.63) is 58.3 Å². The standard InChI is InChI=1S/C14H12FN3O2/c15-10-3-1-2-8(13(10)19)7-16-9-4-5-11-12(6-9)18-14(20)17-11/h1-6,16,19H,7H2,(H2,17,18,20). The predicted octanol–water partition coefficient (Wildman–Crippen LogP) is 2.31. The van der Waals surface area contributed by atoms with Gasteiger partial charge in [0.05, 0.1) is 11.0 Å². The summed E-state index contributed by atoms with van der Waals surface area (Å²) in [6, 6.07) is 9.71. The van der Waals surface area contributed by atoms with Crippen LogP contribution >= 0.6 is 0 Å². The van der Waals surface area contributed by atoms with E-state index in [0.717, 1.165) is 5.69 Å². The zero-order valence-corrected chi connectivity index (χ0v) is 10.4. The third-order valence-electron chi connectivity index (χ3n) is 3.07. The van der Waals surface area contributed by atoms with Crippen molar-refractivity contribution in [3.63, 3.8) is 0 Å². The topological polar surface area (TPSA) is 80.9 Å². The van der Waals surface area contributed by atoms with Crippen molar-refractivity contribution < 1.29 is 9.50 Å². The molecule has 3 rings (SSSR count). The van der Waals surface area contributed by atoms with Gasteiger partial charge in [0, 0.05) is 17.8 Å². The van der Waals surface area contributed by atoms with Gasteiger partial charge in [0.25, 0.3) is 0 Å². The van der Waals surface area contributed by atoms with E-state index in [4.69, 9.17) is 0 Å². The van der Waals surface area contributed by atoms with Crippen LogP contribution in [-0.4, -0.2) is 15.1 Å². The van der Waals surface area contributed by atoms with Crippen LogP contribution in [0.3, 0.4) is 0 Å². The Morgan fingerprint density at radius 3 is 2.80 bits per heavy atom. The largest absolute Gasteiger partial charge is 0.505 e. The molecule has 0 fully saturated rings. The highest BCUT2D eigenvalue weighted by molar-refractivity contribution is 5.78. The summed E-state index contributed by atoms with van der Waals surface area (Å²) < 4.78 is 13.2. The van der Waals surface area contributed by atoms with Crippen molar-refractivity contribution in [3.8, 4) is 5.75 Å². The first-order chi connectivity index (χ1) is 9.63. The fourth-order valence-electron chi connectivity index (χ4n) is 2.04. The van der Waals surface area contributed by atoms with Crippen LogP contribution in [0.5, 0.6) is 5.75 Å². The molecule has 0 saturated carbocycles. The smallest absolute Gasteiger partial charge is 0.323 e. The van der Waals surface area contributed by atoms with E-state index in [1.54, 1.807) is 30.3 Å². The first-order valence-electron chi connectivity index (χ1n) is 6.06. The zero-order chi connectivity index (χ0) is 14.1. The number of imidazole rings is 1. The number of halogens is 1. The third-order valence-corrected chi connectivity index (χ3v) is 3.07. The van der Waals surface area contributed by atoms with Gasteiger partial charge in [-0.1, -0.05) is 12.1 Å². The van der Waals surface area contributed by atoms with Gasteiger partial charge in [0.2, 0.25) is 0 Å². The predicted molar refractivity (Wildman–Crippen MR) is 74.3 cm³/mol. The number of hydrogen-bond acceptors (Lipinski definition) is 3. The van der Waals surface area contributed by atoms with E-state index in [-0.39, 0.29) is 18.0 Å². The molecule has 0 aliphatic carbocycles. The maximum absolute atomic E-state index is 13.2. The molecule has 6 heteroatoms. The van der Waals surface area contributed by atoms with Crippen LogP contribution in [0.25, 0.3) is 11.0 Å². The van der Waals surface area contributed by atoms with E-state index in [1.165, 1.54) is 6.07 Å².